The molecule has 0 bridgehead atoms. The zero-order valence-electron chi connectivity index (χ0n) is 18.5. The van der Waals surface area contributed by atoms with Gasteiger partial charge in [0.05, 0.1) is 11.4 Å². The lowest BCUT2D eigenvalue weighted by molar-refractivity contribution is -0.111. The summed E-state index contributed by atoms with van der Waals surface area (Å²) in [6, 6.07) is 15.2. The van der Waals surface area contributed by atoms with Gasteiger partial charge in [0.1, 0.15) is 0 Å². The van der Waals surface area contributed by atoms with Crippen molar-refractivity contribution in [3.05, 3.63) is 65.7 Å². The summed E-state index contributed by atoms with van der Waals surface area (Å²) >= 11 is 0. The van der Waals surface area contributed by atoms with Crippen LogP contribution in [0.5, 0.6) is 0 Å². The van der Waals surface area contributed by atoms with E-state index in [0.717, 1.165) is 36.8 Å². The van der Waals surface area contributed by atoms with E-state index in [4.69, 9.17) is 0 Å². The Labute approximate surface area is 191 Å². The standard InChI is InChI=1S/C25H31N3O3S/c1-20-4-2-15-27(18-20)19-22-5-10-23(11-6-22)26-25(29)14-9-21-7-12-24(13-8-21)28-16-3-17-32(28,30)31/h5-14,20H,2-4,15-19H2,1H3,(H,26,29)/b14-9+. The predicted molar refractivity (Wildman–Crippen MR) is 130 cm³/mol. The summed E-state index contributed by atoms with van der Waals surface area (Å²) in [6.07, 6.45) is 6.46. The molecule has 1 amide bonds. The van der Waals surface area contributed by atoms with Crippen LogP contribution in [0.2, 0.25) is 0 Å². The highest BCUT2D eigenvalue weighted by Crippen LogP contribution is 2.24. The van der Waals surface area contributed by atoms with Gasteiger partial charge in [-0.1, -0.05) is 31.2 Å². The molecule has 1 unspecified atom stereocenters. The van der Waals surface area contributed by atoms with Gasteiger partial charge in [0.2, 0.25) is 15.9 Å². The van der Waals surface area contributed by atoms with Gasteiger partial charge >= 0.3 is 0 Å². The van der Waals surface area contributed by atoms with Gasteiger partial charge in [0, 0.05) is 31.4 Å². The van der Waals surface area contributed by atoms with E-state index in [9.17, 15) is 13.2 Å². The van der Waals surface area contributed by atoms with Gasteiger partial charge in [-0.25, -0.2) is 8.42 Å². The molecule has 0 radical (unpaired) electrons. The van der Waals surface area contributed by atoms with Gasteiger partial charge in [0.25, 0.3) is 0 Å². The molecule has 1 atom stereocenters. The minimum atomic E-state index is -3.18. The lowest BCUT2D eigenvalue weighted by atomic mass is 10.00. The number of amides is 1. The number of benzene rings is 2. The van der Waals surface area contributed by atoms with Crippen molar-refractivity contribution in [2.24, 2.45) is 5.92 Å². The van der Waals surface area contributed by atoms with E-state index in [1.54, 1.807) is 18.2 Å². The molecule has 4 rings (SSSR count). The molecule has 2 saturated heterocycles. The van der Waals surface area contributed by atoms with Gasteiger partial charge in [-0.3, -0.25) is 14.0 Å². The third-order valence-electron chi connectivity index (χ3n) is 6.08. The maximum Gasteiger partial charge on any atom is 0.248 e. The van der Waals surface area contributed by atoms with Crippen molar-refractivity contribution in [1.29, 1.82) is 0 Å². The van der Waals surface area contributed by atoms with Crippen molar-refractivity contribution in [3.63, 3.8) is 0 Å². The second-order valence-electron chi connectivity index (χ2n) is 8.84. The van der Waals surface area contributed by atoms with E-state index in [1.807, 2.05) is 24.3 Å². The van der Waals surface area contributed by atoms with E-state index in [0.29, 0.717) is 18.7 Å². The van der Waals surface area contributed by atoms with Gasteiger partial charge in [0.15, 0.2) is 0 Å². The van der Waals surface area contributed by atoms with E-state index < -0.39 is 10.0 Å². The summed E-state index contributed by atoms with van der Waals surface area (Å²) in [5.41, 5.74) is 3.53. The molecule has 6 nitrogen and oxygen atoms in total. The first-order chi connectivity index (χ1) is 15.4. The number of carbonyl (C=O) groups excluding carboxylic acids is 1. The average Bonchev–Trinajstić information content (AvgIpc) is 3.13. The fourth-order valence-corrected chi connectivity index (χ4v) is 5.98. The number of likely N-dealkylation sites (tertiary alicyclic amines) is 1. The highest BCUT2D eigenvalue weighted by atomic mass is 32.2. The first-order valence-corrected chi connectivity index (χ1v) is 12.9. The van der Waals surface area contributed by atoms with Gasteiger partial charge in [-0.2, -0.15) is 0 Å². The van der Waals surface area contributed by atoms with Crippen LogP contribution in [0.1, 0.15) is 37.3 Å². The maximum atomic E-state index is 12.3. The molecule has 2 fully saturated rings. The number of rotatable bonds is 6. The van der Waals surface area contributed by atoms with Gasteiger partial charge in [-0.05, 0) is 73.2 Å². The number of piperidine rings is 1. The van der Waals surface area contributed by atoms with Crippen LogP contribution >= 0.6 is 0 Å². The van der Waals surface area contributed by atoms with Gasteiger partial charge in [-0.15, -0.1) is 0 Å². The Balaban J connectivity index is 1.29. The molecule has 170 valence electrons. The van der Waals surface area contributed by atoms with E-state index in [-0.39, 0.29) is 11.7 Å². The van der Waals surface area contributed by atoms with Crippen LogP contribution in [0.3, 0.4) is 0 Å². The summed E-state index contributed by atoms with van der Waals surface area (Å²) in [6.45, 7) is 6.09. The Morgan fingerprint density at radius 3 is 2.47 bits per heavy atom. The second kappa shape index (κ2) is 9.88. The van der Waals surface area contributed by atoms with Crippen LogP contribution < -0.4 is 9.62 Å². The van der Waals surface area contributed by atoms with E-state index in [1.165, 1.54) is 28.8 Å². The largest absolute Gasteiger partial charge is 0.323 e. The molecular weight excluding hydrogens is 422 g/mol. The van der Waals surface area contributed by atoms with E-state index >= 15 is 0 Å². The lowest BCUT2D eigenvalue weighted by Gasteiger charge is -2.30. The fraction of sp³-hybridized carbons (Fsp3) is 0.400. The minimum Gasteiger partial charge on any atom is -0.323 e. The summed E-state index contributed by atoms with van der Waals surface area (Å²) in [4.78, 5) is 14.8. The number of carbonyl (C=O) groups is 1. The maximum absolute atomic E-state index is 12.3. The van der Waals surface area contributed by atoms with Crippen molar-refractivity contribution < 1.29 is 13.2 Å². The van der Waals surface area contributed by atoms with Crippen molar-refractivity contribution in [1.82, 2.24) is 4.90 Å². The molecular formula is C25H31N3O3S. The molecule has 2 aromatic rings. The Morgan fingerprint density at radius 1 is 1.06 bits per heavy atom. The van der Waals surface area contributed by atoms with Crippen LogP contribution in [0.25, 0.3) is 6.08 Å². The molecule has 0 aliphatic carbocycles. The Bertz CT molecular complexity index is 1060. The zero-order valence-corrected chi connectivity index (χ0v) is 19.4. The first kappa shape index (κ1) is 22.6. The van der Waals surface area contributed by atoms with Crippen molar-refractivity contribution in [3.8, 4) is 0 Å². The first-order valence-electron chi connectivity index (χ1n) is 11.3. The molecule has 32 heavy (non-hydrogen) atoms. The number of nitrogens with one attached hydrogen (secondary N) is 1. The lowest BCUT2D eigenvalue weighted by Crippen LogP contribution is -2.33. The Morgan fingerprint density at radius 2 is 1.81 bits per heavy atom. The molecule has 0 spiro atoms. The third-order valence-corrected chi connectivity index (χ3v) is 7.95. The molecule has 0 aromatic heterocycles. The Hall–Kier alpha value is -2.64. The van der Waals surface area contributed by atoms with Crippen molar-refractivity contribution in [2.75, 3.05) is 35.0 Å². The summed E-state index contributed by atoms with van der Waals surface area (Å²) in [5.74, 6) is 0.764. The number of sulfonamides is 1. The predicted octanol–water partition coefficient (Wildman–Crippen LogP) is 4.11. The third kappa shape index (κ3) is 5.78. The molecule has 2 aliphatic rings. The van der Waals surface area contributed by atoms with Crippen LogP contribution in [-0.4, -0.2) is 44.6 Å². The topological polar surface area (TPSA) is 69.7 Å². The van der Waals surface area contributed by atoms with Crippen molar-refractivity contribution in [2.45, 2.75) is 32.7 Å². The molecule has 0 saturated carbocycles. The smallest absolute Gasteiger partial charge is 0.248 e. The molecule has 7 heteroatoms. The number of hydrogen-bond acceptors (Lipinski definition) is 4. The molecule has 2 aliphatic heterocycles. The highest BCUT2D eigenvalue weighted by Gasteiger charge is 2.28. The zero-order chi connectivity index (χ0) is 22.6. The Kier molecular flexibility index (Phi) is 6.96. The fourth-order valence-electron chi connectivity index (χ4n) is 4.42. The van der Waals surface area contributed by atoms with Crippen molar-refractivity contribution >= 4 is 33.4 Å². The van der Waals surface area contributed by atoms with Crippen LogP contribution in [0.4, 0.5) is 11.4 Å². The van der Waals surface area contributed by atoms with E-state index in [2.05, 4.69) is 29.3 Å². The normalized spacial score (nSPS) is 21.2. The van der Waals surface area contributed by atoms with Crippen LogP contribution in [-0.2, 0) is 21.4 Å². The highest BCUT2D eigenvalue weighted by molar-refractivity contribution is 7.93. The average molecular weight is 454 g/mol. The summed E-state index contributed by atoms with van der Waals surface area (Å²) in [5, 5.41) is 2.89. The molecule has 1 N–H and O–H groups in total. The second-order valence-corrected chi connectivity index (χ2v) is 10.8. The minimum absolute atomic E-state index is 0.200. The number of hydrogen-bond donors (Lipinski definition) is 1. The summed E-state index contributed by atoms with van der Waals surface area (Å²) < 4.78 is 25.5. The quantitative estimate of drug-likeness (QED) is 0.669. The monoisotopic (exact) mass is 453 g/mol. The molecule has 2 aromatic carbocycles. The summed E-state index contributed by atoms with van der Waals surface area (Å²) in [7, 11) is -3.18. The molecule has 2 heterocycles. The van der Waals surface area contributed by atoms with Crippen LogP contribution in [0.15, 0.2) is 54.6 Å². The number of anilines is 2. The van der Waals surface area contributed by atoms with Crippen LogP contribution in [0, 0.1) is 5.92 Å². The number of nitrogens with zero attached hydrogens (tertiary/aromatic N) is 2. The van der Waals surface area contributed by atoms with Gasteiger partial charge < -0.3 is 5.32 Å². The SMILES string of the molecule is CC1CCCN(Cc2ccc(NC(=O)/C=C/c3ccc(N4CCCS4(=O)=O)cc3)cc2)C1.